The Kier molecular flexibility index (Phi) is 1.66. The second kappa shape index (κ2) is 2.49. The quantitative estimate of drug-likeness (QED) is 0.597. The standard InChI is InChI=1S/C11H14F2O3/c1-8(2)14-6-10(16-8)9(3)5-4-7(15-9)11(10,12)13/h4-5,7H,6H2,1-3H3/t7-,9+,10-/m1/s1. The molecule has 3 nitrogen and oxygen atoms in total. The van der Waals surface area contributed by atoms with Crippen LogP contribution in [0.15, 0.2) is 12.2 Å². The van der Waals surface area contributed by atoms with Gasteiger partial charge in [-0.25, -0.2) is 0 Å². The number of hydrogen-bond acceptors (Lipinski definition) is 3. The molecule has 3 heterocycles. The van der Waals surface area contributed by atoms with Crippen molar-refractivity contribution in [3.05, 3.63) is 12.2 Å². The van der Waals surface area contributed by atoms with E-state index in [9.17, 15) is 8.78 Å². The molecule has 3 rings (SSSR count). The SMILES string of the molecule is CC1(C)OC[C@]2(O1)C(F)(F)[C@H]1C=C[C@]2(C)O1. The number of fused-ring (bicyclic) bond motifs is 3. The third-order valence-corrected chi connectivity index (χ3v) is 3.70. The minimum absolute atomic E-state index is 0.148. The molecule has 0 aromatic heterocycles. The van der Waals surface area contributed by atoms with Gasteiger partial charge in [-0.2, -0.15) is 8.78 Å². The first kappa shape index (κ1) is 10.6. The lowest BCUT2D eigenvalue weighted by molar-refractivity contribution is -0.232. The van der Waals surface area contributed by atoms with Gasteiger partial charge >= 0.3 is 5.92 Å². The van der Waals surface area contributed by atoms with Crippen molar-refractivity contribution in [3.63, 3.8) is 0 Å². The van der Waals surface area contributed by atoms with Crippen LogP contribution in [0.3, 0.4) is 0 Å². The summed E-state index contributed by atoms with van der Waals surface area (Å²) in [6.45, 7) is 4.74. The number of hydrogen-bond donors (Lipinski definition) is 0. The molecule has 0 radical (unpaired) electrons. The van der Waals surface area contributed by atoms with Gasteiger partial charge in [0.05, 0.1) is 6.61 Å². The van der Waals surface area contributed by atoms with Crippen molar-refractivity contribution in [2.24, 2.45) is 0 Å². The molecule has 0 aromatic carbocycles. The lowest BCUT2D eigenvalue weighted by Crippen LogP contribution is -2.61. The lowest BCUT2D eigenvalue weighted by atomic mass is 9.77. The van der Waals surface area contributed by atoms with E-state index in [-0.39, 0.29) is 6.61 Å². The Hall–Kier alpha value is -0.520. The summed E-state index contributed by atoms with van der Waals surface area (Å²) in [5.41, 5.74) is -2.79. The van der Waals surface area contributed by atoms with Crippen molar-refractivity contribution in [1.29, 1.82) is 0 Å². The van der Waals surface area contributed by atoms with Gasteiger partial charge in [-0.05, 0) is 20.8 Å². The van der Waals surface area contributed by atoms with E-state index in [2.05, 4.69) is 0 Å². The van der Waals surface area contributed by atoms with Gasteiger partial charge in [0, 0.05) is 0 Å². The van der Waals surface area contributed by atoms with Crippen LogP contribution in [0.2, 0.25) is 0 Å². The van der Waals surface area contributed by atoms with E-state index < -0.39 is 29.0 Å². The van der Waals surface area contributed by atoms with Crippen molar-refractivity contribution in [2.75, 3.05) is 6.61 Å². The van der Waals surface area contributed by atoms with Crippen molar-refractivity contribution in [3.8, 4) is 0 Å². The topological polar surface area (TPSA) is 27.7 Å². The highest BCUT2D eigenvalue weighted by atomic mass is 19.3. The fourth-order valence-electron chi connectivity index (χ4n) is 2.76. The first-order valence-electron chi connectivity index (χ1n) is 5.32. The van der Waals surface area contributed by atoms with Gasteiger partial charge in [-0.1, -0.05) is 12.2 Å². The number of halogens is 2. The monoisotopic (exact) mass is 232 g/mol. The molecule has 3 aliphatic heterocycles. The average Bonchev–Trinajstić information content (AvgIpc) is 2.71. The zero-order valence-electron chi connectivity index (χ0n) is 9.42. The first-order chi connectivity index (χ1) is 7.23. The van der Waals surface area contributed by atoms with Gasteiger partial charge in [0.2, 0.25) is 0 Å². The van der Waals surface area contributed by atoms with Crippen LogP contribution in [0.1, 0.15) is 20.8 Å². The highest BCUT2D eigenvalue weighted by molar-refractivity contribution is 5.34. The largest absolute Gasteiger partial charge is 0.354 e. The minimum Gasteiger partial charge on any atom is -0.354 e. The van der Waals surface area contributed by atoms with E-state index in [0.717, 1.165) is 0 Å². The van der Waals surface area contributed by atoms with E-state index in [4.69, 9.17) is 14.2 Å². The van der Waals surface area contributed by atoms with Crippen molar-refractivity contribution < 1.29 is 23.0 Å². The maximum Gasteiger partial charge on any atom is 0.311 e. The van der Waals surface area contributed by atoms with Crippen LogP contribution in [0.4, 0.5) is 8.78 Å². The van der Waals surface area contributed by atoms with Gasteiger partial charge in [0.25, 0.3) is 0 Å². The van der Waals surface area contributed by atoms with E-state index >= 15 is 0 Å². The fourth-order valence-corrected chi connectivity index (χ4v) is 2.76. The number of rotatable bonds is 0. The molecule has 0 aromatic rings. The Bertz CT molecular complexity index is 379. The van der Waals surface area contributed by atoms with E-state index in [1.807, 2.05) is 0 Å². The highest BCUT2D eigenvalue weighted by Crippen LogP contribution is 2.60. The van der Waals surface area contributed by atoms with Gasteiger partial charge in [-0.15, -0.1) is 0 Å². The van der Waals surface area contributed by atoms with Gasteiger partial charge < -0.3 is 14.2 Å². The molecule has 5 heteroatoms. The Balaban J connectivity index is 2.11. The van der Waals surface area contributed by atoms with Crippen molar-refractivity contribution in [1.82, 2.24) is 0 Å². The zero-order chi connectivity index (χ0) is 11.8. The fraction of sp³-hybridized carbons (Fsp3) is 0.818. The molecule has 3 atom stereocenters. The minimum atomic E-state index is -3.05. The third kappa shape index (κ3) is 0.931. The maximum atomic E-state index is 14.2. The molecule has 1 spiro atoms. The van der Waals surface area contributed by atoms with E-state index in [1.54, 1.807) is 26.8 Å². The summed E-state index contributed by atoms with van der Waals surface area (Å²) in [5, 5.41) is 0. The molecule has 16 heavy (non-hydrogen) atoms. The van der Waals surface area contributed by atoms with Gasteiger partial charge in [0.15, 0.2) is 11.4 Å². The Morgan fingerprint density at radius 2 is 1.94 bits per heavy atom. The summed E-state index contributed by atoms with van der Waals surface area (Å²) >= 11 is 0. The molecule has 3 aliphatic rings. The van der Waals surface area contributed by atoms with E-state index in [0.29, 0.717) is 0 Å². The summed E-state index contributed by atoms with van der Waals surface area (Å²) in [4.78, 5) is 0. The molecular formula is C11H14F2O3. The molecular weight excluding hydrogens is 218 g/mol. The van der Waals surface area contributed by atoms with Crippen molar-refractivity contribution >= 4 is 0 Å². The molecule has 0 N–H and O–H groups in total. The summed E-state index contributed by atoms with van der Waals surface area (Å²) in [6.07, 6.45) is 1.86. The molecule has 2 fully saturated rings. The second-order valence-corrected chi connectivity index (χ2v) is 5.25. The molecule has 2 saturated heterocycles. The summed E-state index contributed by atoms with van der Waals surface area (Å²) in [5.74, 6) is -4.04. The Morgan fingerprint density at radius 3 is 2.38 bits per heavy atom. The Morgan fingerprint density at radius 1 is 1.25 bits per heavy atom. The highest BCUT2D eigenvalue weighted by Gasteiger charge is 2.79. The smallest absolute Gasteiger partial charge is 0.311 e. The third-order valence-electron chi connectivity index (χ3n) is 3.70. The average molecular weight is 232 g/mol. The normalized spacial score (nSPS) is 51.7. The molecule has 2 bridgehead atoms. The first-order valence-corrected chi connectivity index (χ1v) is 5.32. The van der Waals surface area contributed by atoms with Crippen LogP contribution in [0.25, 0.3) is 0 Å². The van der Waals surface area contributed by atoms with Crippen LogP contribution in [0, 0.1) is 0 Å². The second-order valence-electron chi connectivity index (χ2n) is 5.25. The molecule has 0 aliphatic carbocycles. The number of alkyl halides is 2. The van der Waals surface area contributed by atoms with Crippen LogP contribution in [-0.4, -0.2) is 35.6 Å². The summed E-state index contributed by atoms with van der Waals surface area (Å²) in [7, 11) is 0. The number of ether oxygens (including phenoxy) is 3. The predicted molar refractivity (Wildman–Crippen MR) is 51.2 cm³/mol. The lowest BCUT2D eigenvalue weighted by Gasteiger charge is -2.39. The molecule has 0 amide bonds. The summed E-state index contributed by atoms with van der Waals surface area (Å²) in [6, 6.07) is 0. The van der Waals surface area contributed by atoms with Crippen LogP contribution in [0.5, 0.6) is 0 Å². The maximum absolute atomic E-state index is 14.2. The predicted octanol–water partition coefficient (Wildman–Crippen LogP) is 1.87. The zero-order valence-corrected chi connectivity index (χ0v) is 9.42. The molecule has 90 valence electrons. The Labute approximate surface area is 92.4 Å². The van der Waals surface area contributed by atoms with Crippen LogP contribution >= 0.6 is 0 Å². The van der Waals surface area contributed by atoms with Crippen LogP contribution in [-0.2, 0) is 14.2 Å². The van der Waals surface area contributed by atoms with Crippen LogP contribution < -0.4 is 0 Å². The van der Waals surface area contributed by atoms with Gasteiger partial charge in [-0.3, -0.25) is 0 Å². The van der Waals surface area contributed by atoms with Gasteiger partial charge in [0.1, 0.15) is 11.7 Å². The molecule has 0 saturated carbocycles. The molecule has 0 unspecified atom stereocenters. The van der Waals surface area contributed by atoms with E-state index in [1.165, 1.54) is 6.08 Å². The van der Waals surface area contributed by atoms with Crippen molar-refractivity contribution in [2.45, 2.75) is 49.8 Å². The summed E-state index contributed by atoms with van der Waals surface area (Å²) < 4.78 is 44.6.